The van der Waals surface area contributed by atoms with E-state index in [1.165, 1.54) is 51.4 Å². The Labute approximate surface area is 356 Å². The quantitative estimate of drug-likeness (QED) is 0.0321. The Morgan fingerprint density at radius 3 is 1.43 bits per heavy atom. The van der Waals surface area contributed by atoms with Gasteiger partial charge >= 0.3 is 11.9 Å². The van der Waals surface area contributed by atoms with Gasteiger partial charge in [-0.1, -0.05) is 170 Å². The molecule has 0 bridgehead atoms. The van der Waals surface area contributed by atoms with Crippen LogP contribution in [0, 0.1) is 0 Å². The number of aliphatic carboxylic acids is 1. The number of nitrogens with one attached hydrogen (secondary N) is 1. The molecule has 0 spiro atoms. The van der Waals surface area contributed by atoms with Crippen molar-refractivity contribution in [1.82, 2.24) is 5.32 Å². The average molecular weight is 809 g/mol. The monoisotopic (exact) mass is 809 g/mol. The molecule has 0 aromatic carbocycles. The molecule has 4 N–H and O–H groups in total. The highest BCUT2D eigenvalue weighted by molar-refractivity contribution is 5.83. The van der Waals surface area contributed by atoms with Crippen LogP contribution in [0.2, 0.25) is 0 Å². The molecule has 0 radical (unpaired) electrons. The van der Waals surface area contributed by atoms with Crippen LogP contribution in [0.25, 0.3) is 0 Å². The third-order valence-corrected chi connectivity index (χ3v) is 10.3. The second-order valence-electron chi connectivity index (χ2n) is 15.8. The van der Waals surface area contributed by atoms with Crippen molar-refractivity contribution in [3.63, 3.8) is 0 Å². The fourth-order valence-electron chi connectivity index (χ4n) is 6.75. The van der Waals surface area contributed by atoms with Crippen molar-refractivity contribution in [2.24, 2.45) is 5.73 Å². The van der Waals surface area contributed by atoms with Crippen LogP contribution in [0.15, 0.2) is 72.9 Å². The van der Waals surface area contributed by atoms with Crippen LogP contribution < -0.4 is 11.1 Å². The standard InChI is InChI=1S/C51H88N2O5/c1-3-5-7-9-11-13-14-15-16-17-18-19-20-21-22-23-24-25-26-28-30-35-39-45-50(55)58-47(41-36-32-29-27-12-10-8-6-4-2)42-37-33-31-34-38-44-49(54)53-48(51(56)57)43-40-46-52/h5,7,11,13,15-16,18-19,21-22,24-25,47-48H,3-4,6,8-10,12,14,17,20,23,26-46,52H2,1-2H3,(H,53,54)(H,56,57)/b7-5-,13-11-,16-15-,19-18-,22-21-,25-24-. The van der Waals surface area contributed by atoms with Crippen molar-refractivity contribution in [2.75, 3.05) is 6.54 Å². The third-order valence-electron chi connectivity index (χ3n) is 10.3. The van der Waals surface area contributed by atoms with E-state index in [1.807, 2.05) is 0 Å². The average Bonchev–Trinajstić information content (AvgIpc) is 3.21. The minimum absolute atomic E-state index is 0.00240. The highest BCUT2D eigenvalue weighted by Gasteiger charge is 2.19. The number of rotatable bonds is 42. The van der Waals surface area contributed by atoms with E-state index in [0.717, 1.165) is 122 Å². The number of carboxylic acid groups (broad SMARTS) is 1. The van der Waals surface area contributed by atoms with Crippen LogP contribution in [0.1, 0.15) is 213 Å². The van der Waals surface area contributed by atoms with Crippen molar-refractivity contribution < 1.29 is 24.2 Å². The number of hydrogen-bond acceptors (Lipinski definition) is 5. The van der Waals surface area contributed by atoms with Gasteiger partial charge in [-0.25, -0.2) is 4.79 Å². The summed E-state index contributed by atoms with van der Waals surface area (Å²) in [6.07, 6.45) is 58.1. The lowest BCUT2D eigenvalue weighted by atomic mass is 10.0. The lowest BCUT2D eigenvalue weighted by molar-refractivity contribution is -0.150. The van der Waals surface area contributed by atoms with E-state index >= 15 is 0 Å². The van der Waals surface area contributed by atoms with E-state index in [1.54, 1.807) is 0 Å². The molecule has 58 heavy (non-hydrogen) atoms. The number of allylic oxidation sites excluding steroid dienone is 12. The molecule has 0 aromatic rings. The van der Waals surface area contributed by atoms with Gasteiger partial charge in [-0.2, -0.15) is 0 Å². The maximum Gasteiger partial charge on any atom is 0.326 e. The Balaban J connectivity index is 4.25. The molecule has 332 valence electrons. The molecule has 1 amide bonds. The molecule has 2 atom stereocenters. The van der Waals surface area contributed by atoms with Gasteiger partial charge in [-0.05, 0) is 109 Å². The first kappa shape index (κ1) is 54.8. The summed E-state index contributed by atoms with van der Waals surface area (Å²) in [5, 5.41) is 11.9. The van der Waals surface area contributed by atoms with Gasteiger partial charge in [-0.15, -0.1) is 0 Å². The zero-order chi connectivity index (χ0) is 42.4. The molecule has 0 heterocycles. The fraction of sp³-hybridized carbons (Fsp3) is 0.706. The van der Waals surface area contributed by atoms with Gasteiger partial charge in [-0.3, -0.25) is 9.59 Å². The lowest BCUT2D eigenvalue weighted by Gasteiger charge is -2.18. The van der Waals surface area contributed by atoms with Crippen LogP contribution >= 0.6 is 0 Å². The maximum absolute atomic E-state index is 12.8. The van der Waals surface area contributed by atoms with Crippen LogP contribution in [0.5, 0.6) is 0 Å². The van der Waals surface area contributed by atoms with Crippen LogP contribution in [-0.4, -0.2) is 41.6 Å². The first-order chi connectivity index (χ1) is 28.4. The topological polar surface area (TPSA) is 119 Å². The number of nitrogens with two attached hydrogens (primary N) is 1. The number of unbranched alkanes of at least 4 members (excludes halogenated alkanes) is 16. The maximum atomic E-state index is 12.8. The summed E-state index contributed by atoms with van der Waals surface area (Å²) in [6.45, 7) is 4.82. The van der Waals surface area contributed by atoms with E-state index in [2.05, 4.69) is 92.1 Å². The fourth-order valence-corrected chi connectivity index (χ4v) is 6.75. The van der Waals surface area contributed by atoms with Gasteiger partial charge in [0.25, 0.3) is 0 Å². The Morgan fingerprint density at radius 1 is 0.517 bits per heavy atom. The molecule has 0 aliphatic carbocycles. The number of carbonyl (C=O) groups excluding carboxylic acids is 2. The molecule has 7 nitrogen and oxygen atoms in total. The van der Waals surface area contributed by atoms with E-state index in [4.69, 9.17) is 10.5 Å². The summed E-state index contributed by atoms with van der Waals surface area (Å²) in [7, 11) is 0. The van der Waals surface area contributed by atoms with Crippen molar-refractivity contribution >= 4 is 17.8 Å². The molecule has 2 unspecified atom stereocenters. The summed E-state index contributed by atoms with van der Waals surface area (Å²) in [4.78, 5) is 36.4. The number of esters is 1. The minimum atomic E-state index is -1.01. The first-order valence-electron chi connectivity index (χ1n) is 23.8. The highest BCUT2D eigenvalue weighted by atomic mass is 16.5. The molecule has 0 saturated heterocycles. The number of carbonyl (C=O) groups is 3. The Morgan fingerprint density at radius 2 is 0.948 bits per heavy atom. The van der Waals surface area contributed by atoms with Gasteiger partial charge in [0.2, 0.25) is 5.91 Å². The van der Waals surface area contributed by atoms with Gasteiger partial charge in [0.05, 0.1) is 0 Å². The summed E-state index contributed by atoms with van der Waals surface area (Å²) in [5.41, 5.74) is 5.49. The van der Waals surface area contributed by atoms with Crippen LogP contribution in [0.3, 0.4) is 0 Å². The number of ether oxygens (including phenoxy) is 1. The lowest BCUT2D eigenvalue weighted by Crippen LogP contribution is -2.40. The number of amides is 1. The summed E-state index contributed by atoms with van der Waals surface area (Å²) < 4.78 is 6.04. The molecule has 7 heteroatoms. The first-order valence-corrected chi connectivity index (χ1v) is 23.8. The highest BCUT2D eigenvalue weighted by Crippen LogP contribution is 2.19. The normalized spacial score (nSPS) is 13.3. The molecule has 0 aromatic heterocycles. The molecular weight excluding hydrogens is 721 g/mol. The molecule has 0 aliphatic rings. The van der Waals surface area contributed by atoms with Crippen molar-refractivity contribution in [2.45, 2.75) is 225 Å². The molecule has 0 saturated carbocycles. The summed E-state index contributed by atoms with van der Waals surface area (Å²) >= 11 is 0. The Kier molecular flexibility index (Phi) is 42.4. The van der Waals surface area contributed by atoms with Crippen LogP contribution in [-0.2, 0) is 19.1 Å². The van der Waals surface area contributed by atoms with E-state index in [9.17, 15) is 19.5 Å². The zero-order valence-corrected chi connectivity index (χ0v) is 37.4. The minimum Gasteiger partial charge on any atom is -0.480 e. The Bertz CT molecular complexity index is 1140. The van der Waals surface area contributed by atoms with E-state index in [-0.39, 0.29) is 18.0 Å². The zero-order valence-electron chi connectivity index (χ0n) is 37.4. The smallest absolute Gasteiger partial charge is 0.326 e. The van der Waals surface area contributed by atoms with Gasteiger partial charge in [0.1, 0.15) is 12.1 Å². The van der Waals surface area contributed by atoms with Crippen molar-refractivity contribution in [1.29, 1.82) is 0 Å². The van der Waals surface area contributed by atoms with Gasteiger partial charge < -0.3 is 20.9 Å². The predicted octanol–water partition coefficient (Wildman–Crippen LogP) is 13.9. The second-order valence-corrected chi connectivity index (χ2v) is 15.8. The summed E-state index contributed by atoms with van der Waals surface area (Å²) in [5.74, 6) is -1.26. The predicted molar refractivity (Wildman–Crippen MR) is 248 cm³/mol. The molecule has 0 rings (SSSR count). The van der Waals surface area contributed by atoms with Crippen LogP contribution in [0.4, 0.5) is 0 Å². The molecule has 0 fully saturated rings. The number of carboxylic acids is 1. The van der Waals surface area contributed by atoms with E-state index < -0.39 is 12.0 Å². The third kappa shape index (κ3) is 41.0. The molecule has 0 aliphatic heterocycles. The van der Waals surface area contributed by atoms with Crippen molar-refractivity contribution in [3.8, 4) is 0 Å². The van der Waals surface area contributed by atoms with Gasteiger partial charge in [0, 0.05) is 12.8 Å². The van der Waals surface area contributed by atoms with Crippen molar-refractivity contribution in [3.05, 3.63) is 72.9 Å². The number of hydrogen-bond donors (Lipinski definition) is 3. The summed E-state index contributed by atoms with van der Waals surface area (Å²) in [6, 6.07) is -0.861. The Hall–Kier alpha value is -3.19. The van der Waals surface area contributed by atoms with Gasteiger partial charge in [0.15, 0.2) is 0 Å². The SMILES string of the molecule is CC/C=C\C/C=C\C/C=C\C/C=C\C/C=C\C/C=C\CCCCCCC(=O)OC(CCCCCCCCCCC)CCCCCCCC(=O)NC(CCCN)C(=O)O. The molecular formula is C51H88N2O5. The largest absolute Gasteiger partial charge is 0.480 e. The van der Waals surface area contributed by atoms with E-state index in [0.29, 0.717) is 32.2 Å². The second kappa shape index (κ2) is 44.9.